The van der Waals surface area contributed by atoms with Gasteiger partial charge in [0, 0.05) is 22.1 Å². The van der Waals surface area contributed by atoms with Gasteiger partial charge in [-0.05, 0) is 56.2 Å². The number of nitrogens with zero attached hydrogens (tertiary/aromatic N) is 1. The number of rotatable bonds is 4. The molecule has 4 nitrogen and oxygen atoms in total. The summed E-state index contributed by atoms with van der Waals surface area (Å²) in [5.74, 6) is -0.274. The fourth-order valence-corrected chi connectivity index (χ4v) is 3.80. The van der Waals surface area contributed by atoms with Gasteiger partial charge in [0.15, 0.2) is 5.78 Å². The molecular formula is C26H22N2O2. The molecule has 1 amide bonds. The van der Waals surface area contributed by atoms with Crippen LogP contribution in [0, 0.1) is 20.8 Å². The summed E-state index contributed by atoms with van der Waals surface area (Å²) in [6.07, 6.45) is 1.64. The third kappa shape index (κ3) is 3.85. The predicted octanol–water partition coefficient (Wildman–Crippen LogP) is 5.64. The molecule has 1 heterocycles. The third-order valence-corrected chi connectivity index (χ3v) is 5.16. The summed E-state index contributed by atoms with van der Waals surface area (Å²) in [5, 5.41) is 3.83. The van der Waals surface area contributed by atoms with Crippen molar-refractivity contribution < 1.29 is 9.59 Å². The average molecular weight is 394 g/mol. The zero-order valence-corrected chi connectivity index (χ0v) is 17.2. The molecule has 0 aliphatic rings. The highest BCUT2D eigenvalue weighted by Gasteiger charge is 2.16. The molecule has 4 aromatic rings. The maximum atomic E-state index is 13.0. The summed E-state index contributed by atoms with van der Waals surface area (Å²) in [6, 6.07) is 20.4. The topological polar surface area (TPSA) is 59.1 Å². The zero-order chi connectivity index (χ0) is 21.3. The molecule has 3 aromatic carbocycles. The van der Waals surface area contributed by atoms with Crippen LogP contribution in [0.4, 0.5) is 5.69 Å². The number of carbonyl (C=O) groups excluding carboxylic acids is 2. The second-order valence-corrected chi connectivity index (χ2v) is 7.55. The molecule has 148 valence electrons. The van der Waals surface area contributed by atoms with Gasteiger partial charge in [-0.25, -0.2) is 0 Å². The number of aromatic nitrogens is 1. The molecular weight excluding hydrogens is 372 g/mol. The Bertz CT molecular complexity index is 1250. The summed E-state index contributed by atoms with van der Waals surface area (Å²) >= 11 is 0. The van der Waals surface area contributed by atoms with Gasteiger partial charge in [-0.1, -0.05) is 48.0 Å². The van der Waals surface area contributed by atoms with Crippen molar-refractivity contribution >= 4 is 28.3 Å². The van der Waals surface area contributed by atoms with Gasteiger partial charge in [0.2, 0.25) is 0 Å². The fourth-order valence-electron chi connectivity index (χ4n) is 3.80. The number of aryl methyl sites for hydroxylation is 3. The van der Waals surface area contributed by atoms with Crippen LogP contribution in [0.3, 0.4) is 0 Å². The van der Waals surface area contributed by atoms with Gasteiger partial charge in [-0.3, -0.25) is 14.6 Å². The number of hydrogen-bond acceptors (Lipinski definition) is 3. The number of carbonyl (C=O) groups is 2. The maximum Gasteiger partial charge on any atom is 0.255 e. The largest absolute Gasteiger partial charge is 0.321 e. The number of pyridine rings is 1. The van der Waals surface area contributed by atoms with E-state index in [9.17, 15) is 9.59 Å². The molecule has 0 spiro atoms. The zero-order valence-electron chi connectivity index (χ0n) is 17.2. The van der Waals surface area contributed by atoms with Crippen LogP contribution in [0.1, 0.15) is 43.0 Å². The van der Waals surface area contributed by atoms with E-state index in [1.165, 1.54) is 0 Å². The van der Waals surface area contributed by atoms with Crippen molar-refractivity contribution in [1.29, 1.82) is 0 Å². The van der Waals surface area contributed by atoms with E-state index in [-0.39, 0.29) is 11.7 Å². The lowest BCUT2D eigenvalue weighted by Crippen LogP contribution is -2.13. The van der Waals surface area contributed by atoms with Crippen molar-refractivity contribution in [3.8, 4) is 0 Å². The molecule has 0 bridgehead atoms. The lowest BCUT2D eigenvalue weighted by molar-refractivity contribution is 0.101. The molecule has 1 aromatic heterocycles. The number of hydrogen-bond donors (Lipinski definition) is 1. The van der Waals surface area contributed by atoms with Gasteiger partial charge in [-0.2, -0.15) is 0 Å². The quantitative estimate of drug-likeness (QED) is 0.456. The summed E-state index contributed by atoms with van der Waals surface area (Å²) in [6.45, 7) is 5.92. The molecule has 30 heavy (non-hydrogen) atoms. The Morgan fingerprint density at radius 2 is 1.43 bits per heavy atom. The minimum Gasteiger partial charge on any atom is -0.321 e. The molecule has 0 saturated carbocycles. The van der Waals surface area contributed by atoms with Crippen LogP contribution in [0.5, 0.6) is 0 Å². The minimum absolute atomic E-state index is 0.0318. The standard InChI is InChI=1S/C26H22N2O2/c1-16-12-17(2)24(18(3)13-16)25(29)19-8-10-20(11-9-19)26(30)28-22-14-21-6-4-5-7-23(21)27-15-22/h4-15H,1-3H3,(H,28,30). The number of ketones is 1. The summed E-state index contributed by atoms with van der Waals surface area (Å²) in [4.78, 5) is 30.0. The second-order valence-electron chi connectivity index (χ2n) is 7.55. The van der Waals surface area contributed by atoms with E-state index in [0.29, 0.717) is 16.8 Å². The van der Waals surface area contributed by atoms with Crippen LogP contribution in [0.15, 0.2) is 72.9 Å². The van der Waals surface area contributed by atoms with Crippen molar-refractivity contribution in [2.75, 3.05) is 5.32 Å². The van der Waals surface area contributed by atoms with Gasteiger partial charge in [0.25, 0.3) is 5.91 Å². The first-order valence-electron chi connectivity index (χ1n) is 9.81. The molecule has 0 saturated heterocycles. The van der Waals surface area contributed by atoms with E-state index in [4.69, 9.17) is 0 Å². The third-order valence-electron chi connectivity index (χ3n) is 5.16. The molecule has 0 atom stereocenters. The van der Waals surface area contributed by atoms with E-state index >= 15 is 0 Å². The fraction of sp³-hybridized carbons (Fsp3) is 0.115. The summed E-state index contributed by atoms with van der Waals surface area (Å²) < 4.78 is 0. The molecule has 0 aliphatic heterocycles. The smallest absolute Gasteiger partial charge is 0.255 e. The van der Waals surface area contributed by atoms with Crippen molar-refractivity contribution in [3.05, 3.63) is 106 Å². The number of anilines is 1. The van der Waals surface area contributed by atoms with E-state index in [0.717, 1.165) is 33.2 Å². The molecule has 4 heteroatoms. The molecule has 0 aliphatic carbocycles. The van der Waals surface area contributed by atoms with Crippen LogP contribution in [0.2, 0.25) is 0 Å². The number of amides is 1. The van der Waals surface area contributed by atoms with E-state index < -0.39 is 0 Å². The average Bonchev–Trinajstić information content (AvgIpc) is 2.73. The summed E-state index contributed by atoms with van der Waals surface area (Å²) in [7, 11) is 0. The Balaban J connectivity index is 1.54. The Morgan fingerprint density at radius 3 is 2.13 bits per heavy atom. The van der Waals surface area contributed by atoms with Crippen LogP contribution in [-0.4, -0.2) is 16.7 Å². The number of benzene rings is 3. The highest BCUT2D eigenvalue weighted by Crippen LogP contribution is 2.21. The Morgan fingerprint density at radius 1 is 0.800 bits per heavy atom. The van der Waals surface area contributed by atoms with Crippen LogP contribution < -0.4 is 5.32 Å². The SMILES string of the molecule is Cc1cc(C)c(C(=O)c2ccc(C(=O)Nc3cnc4ccccc4c3)cc2)c(C)c1. The Hall–Kier alpha value is -3.79. The molecule has 0 unspecified atom stereocenters. The number of para-hydroxylation sites is 1. The Labute approximate surface area is 175 Å². The summed E-state index contributed by atoms with van der Waals surface area (Å²) in [5.41, 5.74) is 6.33. The second kappa shape index (κ2) is 7.91. The highest BCUT2D eigenvalue weighted by atomic mass is 16.1. The first kappa shape index (κ1) is 19.5. The lowest BCUT2D eigenvalue weighted by atomic mass is 9.93. The van der Waals surface area contributed by atoms with E-state index in [1.807, 2.05) is 63.2 Å². The van der Waals surface area contributed by atoms with Crippen molar-refractivity contribution in [1.82, 2.24) is 4.98 Å². The van der Waals surface area contributed by atoms with E-state index in [2.05, 4.69) is 10.3 Å². The van der Waals surface area contributed by atoms with E-state index in [1.54, 1.807) is 30.5 Å². The number of fused-ring (bicyclic) bond motifs is 1. The van der Waals surface area contributed by atoms with Crippen molar-refractivity contribution in [2.45, 2.75) is 20.8 Å². The predicted molar refractivity (Wildman–Crippen MR) is 120 cm³/mol. The van der Waals surface area contributed by atoms with Gasteiger partial charge in [0.05, 0.1) is 17.4 Å². The Kier molecular flexibility index (Phi) is 5.15. The van der Waals surface area contributed by atoms with Crippen LogP contribution in [0.25, 0.3) is 10.9 Å². The van der Waals surface area contributed by atoms with Crippen molar-refractivity contribution in [2.24, 2.45) is 0 Å². The lowest BCUT2D eigenvalue weighted by Gasteiger charge is -2.11. The normalized spacial score (nSPS) is 10.8. The maximum absolute atomic E-state index is 13.0. The van der Waals surface area contributed by atoms with Gasteiger partial charge < -0.3 is 5.32 Å². The first-order valence-corrected chi connectivity index (χ1v) is 9.81. The first-order chi connectivity index (χ1) is 14.4. The van der Waals surface area contributed by atoms with Gasteiger partial charge >= 0.3 is 0 Å². The molecule has 0 fully saturated rings. The highest BCUT2D eigenvalue weighted by molar-refractivity contribution is 6.11. The van der Waals surface area contributed by atoms with Crippen molar-refractivity contribution in [3.63, 3.8) is 0 Å². The molecule has 4 rings (SSSR count). The van der Waals surface area contributed by atoms with Gasteiger partial charge in [0.1, 0.15) is 0 Å². The molecule has 0 radical (unpaired) electrons. The minimum atomic E-state index is -0.242. The van der Waals surface area contributed by atoms with Crippen LogP contribution >= 0.6 is 0 Å². The monoisotopic (exact) mass is 394 g/mol. The van der Waals surface area contributed by atoms with Crippen LogP contribution in [-0.2, 0) is 0 Å². The molecule has 1 N–H and O–H groups in total. The number of nitrogens with one attached hydrogen (secondary N) is 1. The van der Waals surface area contributed by atoms with Gasteiger partial charge in [-0.15, -0.1) is 0 Å².